The van der Waals surface area contributed by atoms with E-state index >= 15 is 0 Å². The van der Waals surface area contributed by atoms with Crippen molar-refractivity contribution < 1.29 is 4.74 Å². The number of aromatic nitrogens is 5. The highest BCUT2D eigenvalue weighted by atomic mass is 16.5. The second-order valence-electron chi connectivity index (χ2n) is 5.99. The fourth-order valence-electron chi connectivity index (χ4n) is 2.67. The van der Waals surface area contributed by atoms with Gasteiger partial charge in [-0.05, 0) is 37.1 Å². The highest BCUT2D eigenvalue weighted by Crippen LogP contribution is 2.20. The first-order valence-electron chi connectivity index (χ1n) is 8.64. The van der Waals surface area contributed by atoms with Crippen LogP contribution >= 0.6 is 0 Å². The molecule has 0 radical (unpaired) electrons. The Balaban J connectivity index is 1.36. The predicted molar refractivity (Wildman–Crippen MR) is 103 cm³/mol. The molecular formula is C20H18N6O. The molecule has 0 saturated carbocycles. The maximum atomic E-state index is 5.78. The summed E-state index contributed by atoms with van der Waals surface area (Å²) in [6, 6.07) is 13.7. The number of hydrogen-bond donors (Lipinski definition) is 1. The Bertz CT molecular complexity index is 1050. The summed E-state index contributed by atoms with van der Waals surface area (Å²) < 4.78 is 5.78. The molecule has 0 fully saturated rings. The van der Waals surface area contributed by atoms with Crippen molar-refractivity contribution in [3.63, 3.8) is 0 Å². The van der Waals surface area contributed by atoms with E-state index in [-0.39, 0.29) is 0 Å². The van der Waals surface area contributed by atoms with Gasteiger partial charge in [0.25, 0.3) is 0 Å². The number of benzene rings is 1. The van der Waals surface area contributed by atoms with E-state index in [0.29, 0.717) is 22.9 Å². The molecular weight excluding hydrogens is 340 g/mol. The predicted octanol–water partition coefficient (Wildman–Crippen LogP) is 3.57. The number of pyridine rings is 1. The first kappa shape index (κ1) is 16.8. The fourth-order valence-corrected chi connectivity index (χ4v) is 2.67. The molecule has 1 aromatic carbocycles. The number of anilines is 1. The SMILES string of the molecule is Cc1cccc(Oc2ccc(CCNc3ncnc4nccnc34)cc2)n1. The van der Waals surface area contributed by atoms with Crippen LogP contribution in [0.2, 0.25) is 0 Å². The lowest BCUT2D eigenvalue weighted by Crippen LogP contribution is -2.08. The maximum Gasteiger partial charge on any atom is 0.219 e. The fraction of sp³-hybridized carbons (Fsp3) is 0.150. The van der Waals surface area contributed by atoms with Crippen LogP contribution in [0.25, 0.3) is 11.2 Å². The van der Waals surface area contributed by atoms with Crippen molar-refractivity contribution in [2.45, 2.75) is 13.3 Å². The highest BCUT2D eigenvalue weighted by molar-refractivity contribution is 5.81. The van der Waals surface area contributed by atoms with E-state index in [0.717, 1.165) is 24.4 Å². The van der Waals surface area contributed by atoms with Crippen molar-refractivity contribution in [1.29, 1.82) is 0 Å². The van der Waals surface area contributed by atoms with Crippen LogP contribution in [0.1, 0.15) is 11.3 Å². The molecule has 0 amide bonds. The molecule has 1 N–H and O–H groups in total. The van der Waals surface area contributed by atoms with E-state index in [1.54, 1.807) is 12.4 Å². The number of hydrogen-bond acceptors (Lipinski definition) is 7. The Labute approximate surface area is 156 Å². The summed E-state index contributed by atoms with van der Waals surface area (Å²) in [5, 5.41) is 3.30. The summed E-state index contributed by atoms with van der Waals surface area (Å²) in [5.74, 6) is 2.06. The maximum absolute atomic E-state index is 5.78. The first-order chi connectivity index (χ1) is 13.3. The minimum Gasteiger partial charge on any atom is -0.439 e. The number of ether oxygens (including phenoxy) is 1. The molecule has 0 bridgehead atoms. The molecule has 0 atom stereocenters. The second-order valence-corrected chi connectivity index (χ2v) is 5.99. The molecule has 4 aromatic rings. The monoisotopic (exact) mass is 358 g/mol. The van der Waals surface area contributed by atoms with E-state index in [1.165, 1.54) is 11.9 Å². The van der Waals surface area contributed by atoms with Gasteiger partial charge in [0.2, 0.25) is 5.88 Å². The largest absolute Gasteiger partial charge is 0.439 e. The summed E-state index contributed by atoms with van der Waals surface area (Å²) in [4.78, 5) is 21.2. The molecule has 7 nitrogen and oxygen atoms in total. The van der Waals surface area contributed by atoms with Gasteiger partial charge >= 0.3 is 0 Å². The smallest absolute Gasteiger partial charge is 0.219 e. The van der Waals surface area contributed by atoms with Crippen LogP contribution in [0.3, 0.4) is 0 Å². The third-order valence-electron chi connectivity index (χ3n) is 3.98. The third-order valence-corrected chi connectivity index (χ3v) is 3.98. The van der Waals surface area contributed by atoms with Crippen molar-refractivity contribution in [2.24, 2.45) is 0 Å². The van der Waals surface area contributed by atoms with Crippen molar-refractivity contribution >= 4 is 17.0 Å². The second kappa shape index (κ2) is 7.74. The summed E-state index contributed by atoms with van der Waals surface area (Å²) >= 11 is 0. The Kier molecular flexibility index (Phi) is 4.82. The van der Waals surface area contributed by atoms with Gasteiger partial charge in [0, 0.05) is 30.7 Å². The molecule has 134 valence electrons. The van der Waals surface area contributed by atoms with Gasteiger partial charge in [0.05, 0.1) is 0 Å². The molecule has 7 heteroatoms. The van der Waals surface area contributed by atoms with Crippen LogP contribution in [0.5, 0.6) is 11.6 Å². The van der Waals surface area contributed by atoms with Crippen molar-refractivity contribution in [2.75, 3.05) is 11.9 Å². The van der Waals surface area contributed by atoms with E-state index in [2.05, 4.69) is 30.2 Å². The van der Waals surface area contributed by atoms with Crippen LogP contribution in [-0.2, 0) is 6.42 Å². The number of aryl methyl sites for hydroxylation is 1. The summed E-state index contributed by atoms with van der Waals surface area (Å²) in [6.45, 7) is 2.66. The van der Waals surface area contributed by atoms with Crippen molar-refractivity contribution in [3.8, 4) is 11.6 Å². The molecule has 0 aliphatic rings. The van der Waals surface area contributed by atoms with E-state index < -0.39 is 0 Å². The summed E-state index contributed by atoms with van der Waals surface area (Å²) in [6.07, 6.45) is 5.59. The molecule has 4 rings (SSSR count). The highest BCUT2D eigenvalue weighted by Gasteiger charge is 2.05. The molecule has 0 aliphatic carbocycles. The molecule has 3 heterocycles. The first-order valence-corrected chi connectivity index (χ1v) is 8.64. The Morgan fingerprint density at radius 3 is 2.63 bits per heavy atom. The Hall–Kier alpha value is -3.61. The summed E-state index contributed by atoms with van der Waals surface area (Å²) in [7, 11) is 0. The van der Waals surface area contributed by atoms with Gasteiger partial charge in [-0.2, -0.15) is 0 Å². The molecule has 0 unspecified atom stereocenters. The normalized spacial score (nSPS) is 10.7. The molecule has 3 aromatic heterocycles. The number of rotatable bonds is 6. The zero-order chi connectivity index (χ0) is 18.5. The lowest BCUT2D eigenvalue weighted by atomic mass is 10.1. The van der Waals surface area contributed by atoms with Crippen LogP contribution in [0.4, 0.5) is 5.82 Å². The van der Waals surface area contributed by atoms with Crippen molar-refractivity contribution in [3.05, 3.63) is 72.4 Å². The minimum absolute atomic E-state index is 0.584. The average molecular weight is 358 g/mol. The average Bonchev–Trinajstić information content (AvgIpc) is 2.70. The van der Waals surface area contributed by atoms with Gasteiger partial charge in [-0.1, -0.05) is 18.2 Å². The van der Waals surface area contributed by atoms with E-state index in [4.69, 9.17) is 4.74 Å². The number of nitrogens with one attached hydrogen (secondary N) is 1. The van der Waals surface area contributed by atoms with Crippen molar-refractivity contribution in [1.82, 2.24) is 24.9 Å². The molecule has 0 spiro atoms. The van der Waals surface area contributed by atoms with Gasteiger partial charge < -0.3 is 10.1 Å². The lowest BCUT2D eigenvalue weighted by Gasteiger charge is -2.08. The van der Waals surface area contributed by atoms with Crippen LogP contribution < -0.4 is 10.1 Å². The van der Waals surface area contributed by atoms with Gasteiger partial charge in [0.1, 0.15) is 17.6 Å². The molecule has 0 aliphatic heterocycles. The quantitative estimate of drug-likeness (QED) is 0.564. The van der Waals surface area contributed by atoms with Crippen LogP contribution in [0, 0.1) is 6.92 Å². The van der Waals surface area contributed by atoms with Gasteiger partial charge in [-0.25, -0.2) is 24.9 Å². The van der Waals surface area contributed by atoms with E-state index in [1.807, 2.05) is 49.4 Å². The lowest BCUT2D eigenvalue weighted by molar-refractivity contribution is 0.461. The molecule has 27 heavy (non-hydrogen) atoms. The van der Waals surface area contributed by atoms with Gasteiger partial charge in [-0.3, -0.25) is 0 Å². The van der Waals surface area contributed by atoms with Gasteiger partial charge in [-0.15, -0.1) is 0 Å². The topological polar surface area (TPSA) is 85.7 Å². The van der Waals surface area contributed by atoms with Crippen LogP contribution in [-0.4, -0.2) is 31.5 Å². The van der Waals surface area contributed by atoms with Crippen LogP contribution in [0.15, 0.2) is 61.2 Å². The third kappa shape index (κ3) is 4.14. The Morgan fingerprint density at radius 2 is 1.78 bits per heavy atom. The minimum atomic E-state index is 0.584. The van der Waals surface area contributed by atoms with Gasteiger partial charge in [0.15, 0.2) is 11.5 Å². The zero-order valence-corrected chi connectivity index (χ0v) is 14.8. The molecule has 0 saturated heterocycles. The van der Waals surface area contributed by atoms with E-state index in [9.17, 15) is 0 Å². The zero-order valence-electron chi connectivity index (χ0n) is 14.8. The number of fused-ring (bicyclic) bond motifs is 1. The Morgan fingerprint density at radius 1 is 0.926 bits per heavy atom. The number of nitrogens with zero attached hydrogens (tertiary/aromatic N) is 5. The summed E-state index contributed by atoms with van der Waals surface area (Å²) in [5.41, 5.74) is 3.38. The standard InChI is InChI=1S/C20H18N6O/c1-14-3-2-4-17(26-14)27-16-7-5-15(6-8-16)9-10-22-19-18-20(25-13-24-19)23-12-11-21-18/h2-8,11-13H,9-10H2,1H3,(H,22,23,24,25).